The summed E-state index contributed by atoms with van der Waals surface area (Å²) in [5.41, 5.74) is 0.0958. The molecule has 0 N–H and O–H groups in total. The smallest absolute Gasteiger partial charge is 0.199 e. The summed E-state index contributed by atoms with van der Waals surface area (Å²) in [4.78, 5) is 4.34. The highest BCUT2D eigenvalue weighted by Crippen LogP contribution is 2.30. The van der Waals surface area contributed by atoms with E-state index in [9.17, 15) is 0 Å². The molecule has 0 radical (unpaired) electrons. The third-order valence-electron chi connectivity index (χ3n) is 2.70. The van der Waals surface area contributed by atoms with Crippen LogP contribution in [-0.2, 0) is 10.8 Å². The minimum absolute atomic E-state index is 0.00205. The van der Waals surface area contributed by atoms with Crippen molar-refractivity contribution >= 4 is 0 Å². The van der Waals surface area contributed by atoms with E-state index in [1.54, 1.807) is 0 Å². The largest absolute Gasteiger partial charge is 0.445 e. The maximum atomic E-state index is 5.79. The molecule has 14 heavy (non-hydrogen) atoms. The third kappa shape index (κ3) is 2.17. The highest BCUT2D eigenvalue weighted by Gasteiger charge is 2.26. The Bertz CT molecular complexity index is 304. The van der Waals surface area contributed by atoms with Crippen LogP contribution in [-0.4, -0.2) is 4.98 Å². The molecule has 1 rings (SSSR count). The van der Waals surface area contributed by atoms with Crippen LogP contribution in [0.25, 0.3) is 0 Å². The van der Waals surface area contributed by atoms with E-state index < -0.39 is 0 Å². The highest BCUT2D eigenvalue weighted by atomic mass is 16.4. The molecule has 0 spiro atoms. The SMILES string of the molecule is CCC(C)(C)c1cnc(C(C)(C)C)o1. The second-order valence-corrected chi connectivity index (χ2v) is 5.52. The molecular formula is C12H21NO. The van der Waals surface area contributed by atoms with Gasteiger partial charge in [-0.2, -0.15) is 0 Å². The van der Waals surface area contributed by atoms with Crippen molar-refractivity contribution in [2.45, 2.75) is 58.8 Å². The summed E-state index contributed by atoms with van der Waals surface area (Å²) in [6, 6.07) is 0. The highest BCUT2D eigenvalue weighted by molar-refractivity contribution is 5.10. The predicted octanol–water partition coefficient (Wildman–Crippen LogP) is 3.66. The van der Waals surface area contributed by atoms with Gasteiger partial charge in [0.05, 0.1) is 6.20 Å². The van der Waals surface area contributed by atoms with Crippen LogP contribution in [0.4, 0.5) is 0 Å². The van der Waals surface area contributed by atoms with E-state index in [1.807, 2.05) is 6.20 Å². The molecule has 2 heteroatoms. The summed E-state index contributed by atoms with van der Waals surface area (Å²) in [7, 11) is 0. The standard InChI is InChI=1S/C12H21NO/c1-7-12(5,6)9-8-13-10(14-9)11(2,3)4/h8H,7H2,1-6H3. The fourth-order valence-corrected chi connectivity index (χ4v) is 1.11. The molecule has 0 bridgehead atoms. The Kier molecular flexibility index (Phi) is 2.75. The molecule has 0 aliphatic rings. The Hall–Kier alpha value is -0.790. The molecule has 0 fully saturated rings. The van der Waals surface area contributed by atoms with Gasteiger partial charge in [-0.15, -0.1) is 0 Å². The van der Waals surface area contributed by atoms with Gasteiger partial charge in [0.2, 0.25) is 0 Å². The van der Waals surface area contributed by atoms with Crippen molar-refractivity contribution in [3.05, 3.63) is 17.8 Å². The number of nitrogens with zero attached hydrogens (tertiary/aromatic N) is 1. The first-order valence-electron chi connectivity index (χ1n) is 5.24. The normalized spacial score (nSPS) is 13.3. The van der Waals surface area contributed by atoms with E-state index in [-0.39, 0.29) is 10.8 Å². The number of rotatable bonds is 2. The van der Waals surface area contributed by atoms with Gasteiger partial charge >= 0.3 is 0 Å². The number of aromatic nitrogens is 1. The van der Waals surface area contributed by atoms with Gasteiger partial charge in [0.25, 0.3) is 0 Å². The second-order valence-electron chi connectivity index (χ2n) is 5.52. The van der Waals surface area contributed by atoms with Crippen molar-refractivity contribution in [1.82, 2.24) is 4.98 Å². The molecule has 0 unspecified atom stereocenters. The van der Waals surface area contributed by atoms with Crippen LogP contribution in [0.5, 0.6) is 0 Å². The average Bonchev–Trinajstić information content (AvgIpc) is 2.51. The first kappa shape index (κ1) is 11.3. The van der Waals surface area contributed by atoms with Crippen molar-refractivity contribution < 1.29 is 4.42 Å². The molecule has 0 aliphatic carbocycles. The van der Waals surface area contributed by atoms with Crippen molar-refractivity contribution in [3.8, 4) is 0 Å². The van der Waals surface area contributed by atoms with Crippen LogP contribution >= 0.6 is 0 Å². The first-order chi connectivity index (χ1) is 6.27. The lowest BCUT2D eigenvalue weighted by Crippen LogP contribution is -2.15. The number of oxazole rings is 1. The molecule has 80 valence electrons. The lowest BCUT2D eigenvalue weighted by Gasteiger charge is -2.19. The molecule has 0 saturated carbocycles. The van der Waals surface area contributed by atoms with Crippen LogP contribution in [0.1, 0.15) is 59.6 Å². The van der Waals surface area contributed by atoms with Crippen LogP contribution in [0.15, 0.2) is 10.6 Å². The Morgan fingerprint density at radius 3 is 2.14 bits per heavy atom. The molecule has 0 aromatic carbocycles. The zero-order valence-electron chi connectivity index (χ0n) is 10.1. The lowest BCUT2D eigenvalue weighted by molar-refractivity contribution is 0.320. The molecule has 0 atom stereocenters. The molecule has 0 amide bonds. The van der Waals surface area contributed by atoms with Gasteiger partial charge in [0.1, 0.15) is 5.76 Å². The fraction of sp³-hybridized carbons (Fsp3) is 0.750. The zero-order chi connectivity index (χ0) is 11.0. The molecule has 2 nitrogen and oxygen atoms in total. The van der Waals surface area contributed by atoms with E-state index >= 15 is 0 Å². The molecule has 0 aliphatic heterocycles. The Balaban J connectivity index is 3.00. The summed E-state index contributed by atoms with van der Waals surface area (Å²) >= 11 is 0. The molecular weight excluding hydrogens is 174 g/mol. The minimum atomic E-state index is 0.00205. The van der Waals surface area contributed by atoms with E-state index in [4.69, 9.17) is 4.42 Å². The topological polar surface area (TPSA) is 26.0 Å². The van der Waals surface area contributed by atoms with Gasteiger partial charge < -0.3 is 4.42 Å². The number of hydrogen-bond donors (Lipinski definition) is 0. The monoisotopic (exact) mass is 195 g/mol. The van der Waals surface area contributed by atoms with E-state index in [0.29, 0.717) is 0 Å². The maximum Gasteiger partial charge on any atom is 0.199 e. The van der Waals surface area contributed by atoms with Crippen molar-refractivity contribution in [3.63, 3.8) is 0 Å². The Morgan fingerprint density at radius 2 is 1.79 bits per heavy atom. The summed E-state index contributed by atoms with van der Waals surface area (Å²) in [6.07, 6.45) is 2.93. The third-order valence-corrected chi connectivity index (χ3v) is 2.70. The first-order valence-corrected chi connectivity index (χ1v) is 5.24. The van der Waals surface area contributed by atoms with Gasteiger partial charge in [-0.3, -0.25) is 0 Å². The molecule has 1 heterocycles. The van der Waals surface area contributed by atoms with E-state index in [2.05, 4.69) is 46.5 Å². The molecule has 1 aromatic heterocycles. The van der Waals surface area contributed by atoms with Crippen LogP contribution < -0.4 is 0 Å². The Labute approximate surface area is 86.7 Å². The van der Waals surface area contributed by atoms with Crippen molar-refractivity contribution in [1.29, 1.82) is 0 Å². The quantitative estimate of drug-likeness (QED) is 0.719. The van der Waals surface area contributed by atoms with Crippen molar-refractivity contribution in [2.24, 2.45) is 0 Å². The van der Waals surface area contributed by atoms with Crippen LogP contribution in [0, 0.1) is 0 Å². The van der Waals surface area contributed by atoms with Gasteiger partial charge in [0, 0.05) is 10.8 Å². The summed E-state index contributed by atoms with van der Waals surface area (Å²) in [5, 5.41) is 0. The maximum absolute atomic E-state index is 5.79. The van der Waals surface area contributed by atoms with Crippen molar-refractivity contribution in [2.75, 3.05) is 0 Å². The molecule has 0 saturated heterocycles. The van der Waals surface area contributed by atoms with Crippen LogP contribution in [0.2, 0.25) is 0 Å². The predicted molar refractivity (Wildman–Crippen MR) is 58.5 cm³/mol. The second kappa shape index (κ2) is 3.41. The van der Waals surface area contributed by atoms with E-state index in [1.165, 1.54) is 0 Å². The summed E-state index contributed by atoms with van der Waals surface area (Å²) < 4.78 is 5.79. The average molecular weight is 195 g/mol. The lowest BCUT2D eigenvalue weighted by atomic mass is 9.88. The van der Waals surface area contributed by atoms with E-state index in [0.717, 1.165) is 18.1 Å². The number of hydrogen-bond acceptors (Lipinski definition) is 2. The van der Waals surface area contributed by atoms with Crippen LogP contribution in [0.3, 0.4) is 0 Å². The minimum Gasteiger partial charge on any atom is -0.445 e. The fourth-order valence-electron chi connectivity index (χ4n) is 1.11. The molecule has 1 aromatic rings. The zero-order valence-corrected chi connectivity index (χ0v) is 10.1. The van der Waals surface area contributed by atoms with Gasteiger partial charge in [0.15, 0.2) is 5.89 Å². The summed E-state index contributed by atoms with van der Waals surface area (Å²) in [5.74, 6) is 1.82. The van der Waals surface area contributed by atoms with Gasteiger partial charge in [-0.05, 0) is 6.42 Å². The van der Waals surface area contributed by atoms with Gasteiger partial charge in [-0.1, -0.05) is 41.5 Å². The van der Waals surface area contributed by atoms with Gasteiger partial charge in [-0.25, -0.2) is 4.98 Å². The summed E-state index contributed by atoms with van der Waals surface area (Å²) in [6.45, 7) is 12.9. The Morgan fingerprint density at radius 1 is 1.21 bits per heavy atom.